The van der Waals surface area contributed by atoms with E-state index < -0.39 is 40.7 Å². The molecule has 4 bridgehead atoms. The number of amides is 3. The monoisotopic (exact) mass is 433 g/mol. The molecule has 6 unspecified atom stereocenters. The maximum absolute atomic E-state index is 14.0. The molecule has 0 spiro atoms. The molecule has 6 atom stereocenters. The third-order valence-corrected chi connectivity index (χ3v) is 8.28. The fourth-order valence-corrected chi connectivity index (χ4v) is 7.70. The summed E-state index contributed by atoms with van der Waals surface area (Å²) in [6.45, 7) is 5.36. The van der Waals surface area contributed by atoms with Gasteiger partial charge in [0.05, 0.1) is 5.60 Å². The van der Waals surface area contributed by atoms with Gasteiger partial charge in [-0.1, -0.05) is 0 Å². The van der Waals surface area contributed by atoms with Crippen LogP contribution < -0.4 is 11.1 Å². The molecule has 6 fully saturated rings. The van der Waals surface area contributed by atoms with Gasteiger partial charge in [-0.05, 0) is 89.9 Å². The first-order valence-electron chi connectivity index (χ1n) is 11.7. The zero-order chi connectivity index (χ0) is 22.3. The number of likely N-dealkylation sites (tertiary alicyclic amines) is 1. The number of rotatable bonds is 4. The van der Waals surface area contributed by atoms with E-state index in [9.17, 15) is 19.5 Å². The minimum atomic E-state index is -0.819. The number of carbonyl (C=O) groups excluding carboxylic acids is 3. The summed E-state index contributed by atoms with van der Waals surface area (Å²) in [7, 11) is 0. The van der Waals surface area contributed by atoms with E-state index in [1.165, 1.54) is 0 Å². The van der Waals surface area contributed by atoms with Crippen LogP contribution in [0.2, 0.25) is 0 Å². The van der Waals surface area contributed by atoms with Gasteiger partial charge in [-0.3, -0.25) is 9.59 Å². The number of primary amides is 1. The predicted molar refractivity (Wildman–Crippen MR) is 112 cm³/mol. The standard InChI is InChI=1S/C23H35N3O5/c1-21(2,3)31-20(29)25-17(19(28)26-15-5-14(15)6-16(26)18(24)27)22-7-12-4-13(8-22)10-23(30,9-12)11-22/h12-17,30H,4-11H2,1-3H3,(H2,24,27)(H,25,29). The number of nitrogens with zero attached hydrogens (tertiary/aromatic N) is 1. The maximum Gasteiger partial charge on any atom is 0.408 e. The molecule has 1 aliphatic heterocycles. The molecule has 31 heavy (non-hydrogen) atoms. The van der Waals surface area contributed by atoms with Crippen molar-refractivity contribution in [2.45, 2.75) is 101 Å². The number of aliphatic hydroxyl groups is 1. The van der Waals surface area contributed by atoms with E-state index >= 15 is 0 Å². The molecule has 6 aliphatic rings. The third-order valence-electron chi connectivity index (χ3n) is 8.28. The zero-order valence-electron chi connectivity index (χ0n) is 18.7. The Kier molecular flexibility index (Phi) is 4.47. The van der Waals surface area contributed by atoms with Crippen molar-refractivity contribution in [1.82, 2.24) is 10.2 Å². The molecule has 6 rings (SSSR count). The largest absolute Gasteiger partial charge is 0.444 e. The van der Waals surface area contributed by atoms with E-state index in [-0.39, 0.29) is 11.9 Å². The molecular weight excluding hydrogens is 398 g/mol. The summed E-state index contributed by atoms with van der Waals surface area (Å²) in [5.74, 6) is 0.331. The zero-order valence-corrected chi connectivity index (χ0v) is 18.7. The van der Waals surface area contributed by atoms with Crippen LogP contribution in [-0.2, 0) is 14.3 Å². The Morgan fingerprint density at radius 1 is 1.10 bits per heavy atom. The molecule has 0 radical (unpaired) electrons. The molecule has 5 aliphatic carbocycles. The Morgan fingerprint density at radius 2 is 1.74 bits per heavy atom. The molecule has 3 amide bonds. The lowest BCUT2D eigenvalue weighted by molar-refractivity contribution is -0.181. The lowest BCUT2D eigenvalue weighted by Gasteiger charge is -2.62. The van der Waals surface area contributed by atoms with Gasteiger partial charge in [0.15, 0.2) is 0 Å². The number of fused-ring (bicyclic) bond motifs is 1. The van der Waals surface area contributed by atoms with E-state index in [0.717, 1.165) is 38.5 Å². The summed E-state index contributed by atoms with van der Waals surface area (Å²) in [4.78, 5) is 40.5. The molecule has 172 valence electrons. The Hall–Kier alpha value is -1.83. The van der Waals surface area contributed by atoms with Crippen molar-refractivity contribution in [2.24, 2.45) is 28.9 Å². The van der Waals surface area contributed by atoms with E-state index in [1.807, 2.05) is 0 Å². The third kappa shape index (κ3) is 3.60. The predicted octanol–water partition coefficient (Wildman–Crippen LogP) is 1.69. The molecule has 5 saturated carbocycles. The first kappa shape index (κ1) is 21.0. The highest BCUT2D eigenvalue weighted by Gasteiger charge is 2.64. The summed E-state index contributed by atoms with van der Waals surface area (Å²) in [5.41, 5.74) is 3.66. The average molecular weight is 434 g/mol. The lowest BCUT2D eigenvalue weighted by Crippen LogP contribution is -2.67. The second-order valence-corrected chi connectivity index (χ2v) is 12.1. The molecule has 0 aromatic heterocycles. The van der Waals surface area contributed by atoms with Crippen molar-refractivity contribution in [1.29, 1.82) is 0 Å². The van der Waals surface area contributed by atoms with E-state index in [0.29, 0.717) is 30.6 Å². The summed E-state index contributed by atoms with van der Waals surface area (Å²) in [6.07, 6.45) is 5.61. The minimum absolute atomic E-state index is 0.0323. The van der Waals surface area contributed by atoms with Gasteiger partial charge < -0.3 is 25.8 Å². The highest BCUT2D eigenvalue weighted by Crippen LogP contribution is 2.63. The van der Waals surface area contributed by atoms with Gasteiger partial charge in [-0.2, -0.15) is 0 Å². The first-order chi connectivity index (χ1) is 14.4. The number of nitrogens with one attached hydrogen (secondary N) is 1. The fraction of sp³-hybridized carbons (Fsp3) is 0.870. The van der Waals surface area contributed by atoms with Crippen LogP contribution in [0.4, 0.5) is 4.79 Å². The number of carbonyl (C=O) groups is 3. The van der Waals surface area contributed by atoms with Crippen molar-refractivity contribution in [3.05, 3.63) is 0 Å². The Labute approximate surface area is 183 Å². The van der Waals surface area contributed by atoms with Crippen molar-refractivity contribution in [3.63, 3.8) is 0 Å². The molecule has 4 N–H and O–H groups in total. The van der Waals surface area contributed by atoms with Gasteiger partial charge in [0.1, 0.15) is 17.7 Å². The van der Waals surface area contributed by atoms with Crippen LogP contribution in [0.15, 0.2) is 0 Å². The normalized spacial score (nSPS) is 43.4. The first-order valence-corrected chi connectivity index (χ1v) is 11.7. The Morgan fingerprint density at radius 3 is 2.29 bits per heavy atom. The quantitative estimate of drug-likeness (QED) is 0.623. The van der Waals surface area contributed by atoms with Crippen molar-refractivity contribution in [2.75, 3.05) is 0 Å². The lowest BCUT2D eigenvalue weighted by atomic mass is 9.46. The van der Waals surface area contributed by atoms with E-state index in [1.54, 1.807) is 25.7 Å². The second kappa shape index (κ2) is 6.59. The van der Waals surface area contributed by atoms with Gasteiger partial charge in [0.2, 0.25) is 11.8 Å². The molecule has 1 saturated heterocycles. The Bertz CT molecular complexity index is 807. The fourth-order valence-electron chi connectivity index (χ4n) is 7.70. The van der Waals surface area contributed by atoms with Crippen LogP contribution in [0.5, 0.6) is 0 Å². The van der Waals surface area contributed by atoms with Gasteiger partial charge in [0, 0.05) is 11.5 Å². The number of hydrogen-bond donors (Lipinski definition) is 3. The van der Waals surface area contributed by atoms with Crippen molar-refractivity contribution < 1.29 is 24.2 Å². The minimum Gasteiger partial charge on any atom is -0.444 e. The molecule has 0 aromatic carbocycles. The van der Waals surface area contributed by atoms with E-state index in [4.69, 9.17) is 10.5 Å². The molecule has 8 heteroatoms. The van der Waals surface area contributed by atoms with E-state index in [2.05, 4.69) is 5.32 Å². The van der Waals surface area contributed by atoms with Crippen LogP contribution in [0, 0.1) is 23.2 Å². The number of piperidine rings is 1. The highest BCUT2D eigenvalue weighted by molar-refractivity contribution is 5.92. The molecule has 1 heterocycles. The van der Waals surface area contributed by atoms with Crippen molar-refractivity contribution >= 4 is 17.9 Å². The molecule has 0 aromatic rings. The van der Waals surface area contributed by atoms with Gasteiger partial charge in [-0.25, -0.2) is 4.79 Å². The number of ether oxygens (including phenoxy) is 1. The van der Waals surface area contributed by atoms with Gasteiger partial charge >= 0.3 is 6.09 Å². The summed E-state index contributed by atoms with van der Waals surface area (Å²) in [6, 6.07) is -1.40. The van der Waals surface area contributed by atoms with Crippen LogP contribution >= 0.6 is 0 Å². The van der Waals surface area contributed by atoms with Crippen LogP contribution in [0.25, 0.3) is 0 Å². The summed E-state index contributed by atoms with van der Waals surface area (Å²) >= 11 is 0. The maximum atomic E-state index is 14.0. The smallest absolute Gasteiger partial charge is 0.408 e. The summed E-state index contributed by atoms with van der Waals surface area (Å²) in [5, 5.41) is 14.1. The average Bonchev–Trinajstić information content (AvgIpc) is 3.25. The van der Waals surface area contributed by atoms with Gasteiger partial charge in [-0.15, -0.1) is 0 Å². The number of hydrogen-bond acceptors (Lipinski definition) is 5. The second-order valence-electron chi connectivity index (χ2n) is 12.1. The van der Waals surface area contributed by atoms with Gasteiger partial charge in [0.25, 0.3) is 0 Å². The summed E-state index contributed by atoms with van der Waals surface area (Å²) < 4.78 is 5.51. The van der Waals surface area contributed by atoms with Crippen LogP contribution in [0.3, 0.4) is 0 Å². The molecule has 8 nitrogen and oxygen atoms in total. The highest BCUT2D eigenvalue weighted by atomic mass is 16.6. The van der Waals surface area contributed by atoms with Crippen LogP contribution in [0.1, 0.15) is 72.1 Å². The number of alkyl carbamates (subject to hydrolysis) is 1. The Balaban J connectivity index is 1.47. The molecular formula is C23H35N3O5. The van der Waals surface area contributed by atoms with Crippen molar-refractivity contribution in [3.8, 4) is 0 Å². The topological polar surface area (TPSA) is 122 Å². The SMILES string of the molecule is CC(C)(C)OC(=O)NC(C(=O)N1C(C(N)=O)CC2CC21)C12CC3CC(CC(O)(C3)C1)C2. The van der Waals surface area contributed by atoms with Crippen LogP contribution in [-0.4, -0.2) is 57.2 Å². The number of nitrogens with two attached hydrogens (primary N) is 1.